The zero-order valence-corrected chi connectivity index (χ0v) is 18.3. The van der Waals surface area contributed by atoms with Crippen LogP contribution >= 0.6 is 0 Å². The number of aliphatic imine (C=N–C) groups is 1. The lowest BCUT2D eigenvalue weighted by Gasteiger charge is -2.26. The fourth-order valence-corrected chi connectivity index (χ4v) is 4.74. The molecule has 1 aliphatic heterocycles. The van der Waals surface area contributed by atoms with Gasteiger partial charge < -0.3 is 15.4 Å². The number of rotatable bonds is 8. The predicted octanol–water partition coefficient (Wildman–Crippen LogP) is 2.34. The topological polar surface area (TPSA) is 83.0 Å². The highest BCUT2D eigenvalue weighted by Crippen LogP contribution is 2.24. The molecule has 0 spiro atoms. The third-order valence-electron chi connectivity index (χ3n) is 4.89. The Morgan fingerprint density at radius 1 is 1.18 bits per heavy atom. The molecule has 0 bridgehead atoms. The highest BCUT2D eigenvalue weighted by atomic mass is 32.2. The summed E-state index contributed by atoms with van der Waals surface area (Å²) >= 11 is 0. The van der Waals surface area contributed by atoms with Gasteiger partial charge in [0.05, 0.1) is 17.0 Å². The van der Waals surface area contributed by atoms with Crippen LogP contribution in [0.4, 0.5) is 0 Å². The van der Waals surface area contributed by atoms with Gasteiger partial charge in [-0.2, -0.15) is 4.31 Å². The number of guanidine groups is 1. The molecule has 1 aliphatic rings. The maximum atomic E-state index is 13.1. The Balaban J connectivity index is 2.19. The van der Waals surface area contributed by atoms with Crippen molar-refractivity contribution >= 4 is 16.0 Å². The van der Waals surface area contributed by atoms with Crippen LogP contribution in [-0.4, -0.2) is 57.6 Å². The van der Waals surface area contributed by atoms with E-state index < -0.39 is 10.0 Å². The van der Waals surface area contributed by atoms with E-state index in [0.717, 1.165) is 19.3 Å². The molecule has 158 valence electrons. The van der Waals surface area contributed by atoms with Gasteiger partial charge in [-0.05, 0) is 45.2 Å². The minimum absolute atomic E-state index is 0.284. The summed E-state index contributed by atoms with van der Waals surface area (Å²) in [5.74, 6) is 0.637. The Morgan fingerprint density at radius 3 is 2.50 bits per heavy atom. The lowest BCUT2D eigenvalue weighted by atomic mass is 10.1. The number of methoxy groups -OCH3 is 1. The molecule has 0 saturated carbocycles. The molecule has 0 unspecified atom stereocenters. The molecule has 1 heterocycles. The van der Waals surface area contributed by atoms with E-state index in [9.17, 15) is 8.42 Å². The SMILES string of the molecule is CCNC(=NCc1ccccc1S(=O)(=O)N1CCCCC1)NCC(C)(C)OC. The number of ether oxygens (including phenoxy) is 1. The fraction of sp³-hybridized carbons (Fsp3) is 0.650. The van der Waals surface area contributed by atoms with Crippen molar-refractivity contribution in [2.75, 3.05) is 33.3 Å². The molecule has 7 nitrogen and oxygen atoms in total. The van der Waals surface area contributed by atoms with E-state index in [1.807, 2.05) is 32.9 Å². The first-order chi connectivity index (χ1) is 13.3. The van der Waals surface area contributed by atoms with Gasteiger partial charge in [0, 0.05) is 33.3 Å². The summed E-state index contributed by atoms with van der Waals surface area (Å²) in [4.78, 5) is 4.95. The van der Waals surface area contributed by atoms with E-state index in [2.05, 4.69) is 15.6 Å². The van der Waals surface area contributed by atoms with Crippen LogP contribution < -0.4 is 10.6 Å². The number of hydrogen-bond acceptors (Lipinski definition) is 4. The maximum Gasteiger partial charge on any atom is 0.243 e. The number of nitrogens with one attached hydrogen (secondary N) is 2. The van der Waals surface area contributed by atoms with Crippen molar-refractivity contribution in [3.8, 4) is 0 Å². The molecule has 2 N–H and O–H groups in total. The van der Waals surface area contributed by atoms with E-state index in [-0.39, 0.29) is 12.1 Å². The molecule has 0 aromatic heterocycles. The molecule has 1 saturated heterocycles. The first-order valence-electron chi connectivity index (χ1n) is 9.95. The van der Waals surface area contributed by atoms with Gasteiger partial charge in [0.1, 0.15) is 0 Å². The summed E-state index contributed by atoms with van der Waals surface area (Å²) in [6.07, 6.45) is 2.93. The fourth-order valence-electron chi connectivity index (χ4n) is 3.01. The molecular weight excluding hydrogens is 376 g/mol. The Hall–Kier alpha value is -1.64. The quantitative estimate of drug-likeness (QED) is 0.508. The van der Waals surface area contributed by atoms with Gasteiger partial charge in [-0.1, -0.05) is 24.6 Å². The maximum absolute atomic E-state index is 13.1. The van der Waals surface area contributed by atoms with Crippen molar-refractivity contribution in [3.05, 3.63) is 29.8 Å². The second-order valence-electron chi connectivity index (χ2n) is 7.59. The van der Waals surface area contributed by atoms with Crippen LogP contribution in [-0.2, 0) is 21.3 Å². The summed E-state index contributed by atoms with van der Waals surface area (Å²) in [7, 11) is -1.82. The largest absolute Gasteiger partial charge is 0.377 e. The van der Waals surface area contributed by atoms with Crippen LogP contribution in [0.1, 0.15) is 45.6 Å². The molecule has 0 aliphatic carbocycles. The zero-order chi connectivity index (χ0) is 20.6. The Kier molecular flexibility index (Phi) is 8.27. The first-order valence-corrected chi connectivity index (χ1v) is 11.4. The van der Waals surface area contributed by atoms with Crippen LogP contribution in [0, 0.1) is 0 Å². The van der Waals surface area contributed by atoms with Crippen molar-refractivity contribution in [2.45, 2.75) is 57.1 Å². The van der Waals surface area contributed by atoms with Gasteiger partial charge >= 0.3 is 0 Å². The van der Waals surface area contributed by atoms with Crippen molar-refractivity contribution in [1.29, 1.82) is 0 Å². The standard InChI is InChI=1S/C20H34N4O3S/c1-5-21-19(23-16-20(2,3)27-4)22-15-17-11-7-8-12-18(17)28(25,26)24-13-9-6-10-14-24/h7-8,11-12H,5-6,9-10,13-16H2,1-4H3,(H2,21,22,23). The minimum Gasteiger partial charge on any atom is -0.377 e. The highest BCUT2D eigenvalue weighted by molar-refractivity contribution is 7.89. The average molecular weight is 411 g/mol. The van der Waals surface area contributed by atoms with Crippen molar-refractivity contribution < 1.29 is 13.2 Å². The van der Waals surface area contributed by atoms with Crippen molar-refractivity contribution in [3.63, 3.8) is 0 Å². The summed E-state index contributed by atoms with van der Waals surface area (Å²) in [5.41, 5.74) is 0.377. The van der Waals surface area contributed by atoms with E-state index in [4.69, 9.17) is 4.74 Å². The number of hydrogen-bond donors (Lipinski definition) is 2. The predicted molar refractivity (Wildman–Crippen MR) is 113 cm³/mol. The molecule has 2 rings (SSSR count). The molecule has 1 aromatic carbocycles. The van der Waals surface area contributed by atoms with E-state index >= 15 is 0 Å². The van der Waals surface area contributed by atoms with E-state index in [1.54, 1.807) is 23.5 Å². The Morgan fingerprint density at radius 2 is 1.86 bits per heavy atom. The van der Waals surface area contributed by atoms with Crippen LogP contribution in [0.2, 0.25) is 0 Å². The minimum atomic E-state index is -3.49. The summed E-state index contributed by atoms with van der Waals surface area (Å²) < 4.78 is 33.2. The third-order valence-corrected chi connectivity index (χ3v) is 6.89. The van der Waals surface area contributed by atoms with Crippen molar-refractivity contribution in [1.82, 2.24) is 14.9 Å². The van der Waals surface area contributed by atoms with Gasteiger partial charge in [-0.15, -0.1) is 0 Å². The Bertz CT molecular complexity index is 756. The molecule has 0 amide bonds. The number of sulfonamides is 1. The molecule has 0 radical (unpaired) electrons. The molecule has 8 heteroatoms. The lowest BCUT2D eigenvalue weighted by molar-refractivity contribution is 0.0268. The summed E-state index contributed by atoms with van der Waals surface area (Å²) in [6, 6.07) is 7.15. The van der Waals surface area contributed by atoms with E-state index in [1.165, 1.54) is 0 Å². The van der Waals surface area contributed by atoms with Crippen molar-refractivity contribution in [2.24, 2.45) is 4.99 Å². The lowest BCUT2D eigenvalue weighted by Crippen LogP contribution is -2.45. The zero-order valence-electron chi connectivity index (χ0n) is 17.5. The number of benzene rings is 1. The van der Waals surface area contributed by atoms with Crippen LogP contribution in [0.5, 0.6) is 0 Å². The molecule has 28 heavy (non-hydrogen) atoms. The summed E-state index contributed by atoms with van der Waals surface area (Å²) in [6.45, 7) is 8.75. The van der Waals surface area contributed by atoms with Gasteiger partial charge in [0.25, 0.3) is 0 Å². The second kappa shape index (κ2) is 10.2. The molecule has 1 fully saturated rings. The number of nitrogens with zero attached hydrogens (tertiary/aromatic N) is 2. The highest BCUT2D eigenvalue weighted by Gasteiger charge is 2.27. The van der Waals surface area contributed by atoms with Gasteiger partial charge in [0.2, 0.25) is 10.0 Å². The monoisotopic (exact) mass is 410 g/mol. The molecule has 0 atom stereocenters. The van der Waals surface area contributed by atoms with Crippen LogP contribution in [0.25, 0.3) is 0 Å². The molecular formula is C20H34N4O3S. The van der Waals surface area contributed by atoms with Crippen LogP contribution in [0.15, 0.2) is 34.2 Å². The third kappa shape index (κ3) is 6.18. The van der Waals surface area contributed by atoms with E-state index in [0.29, 0.717) is 42.6 Å². The average Bonchev–Trinajstić information content (AvgIpc) is 2.71. The first kappa shape index (κ1) is 22.6. The van der Waals surface area contributed by atoms with Gasteiger partial charge in [-0.25, -0.2) is 13.4 Å². The Labute approximate surface area is 169 Å². The molecule has 1 aromatic rings. The normalized spacial score (nSPS) is 16.8. The number of piperidine rings is 1. The smallest absolute Gasteiger partial charge is 0.243 e. The van der Waals surface area contributed by atoms with Gasteiger partial charge in [0.15, 0.2) is 5.96 Å². The summed E-state index contributed by atoms with van der Waals surface area (Å²) in [5, 5.41) is 6.45. The van der Waals surface area contributed by atoms with Crippen LogP contribution in [0.3, 0.4) is 0 Å². The van der Waals surface area contributed by atoms with Gasteiger partial charge in [-0.3, -0.25) is 0 Å². The second-order valence-corrected chi connectivity index (χ2v) is 9.49.